The zero-order valence-electron chi connectivity index (χ0n) is 34.4. The average molecular weight is 800 g/mol. The summed E-state index contributed by atoms with van der Waals surface area (Å²) in [4.78, 5) is 42.8. The maximum Gasteiger partial charge on any atom is 0.338 e. The Balaban J connectivity index is 1.24. The van der Waals surface area contributed by atoms with Gasteiger partial charge in [-0.05, 0) is 87.8 Å². The summed E-state index contributed by atoms with van der Waals surface area (Å²) in [7, 11) is 2.95. The van der Waals surface area contributed by atoms with Gasteiger partial charge in [-0.15, -0.1) is 0 Å². The predicted molar refractivity (Wildman–Crippen MR) is 202 cm³/mol. The van der Waals surface area contributed by atoms with E-state index >= 15 is 0 Å². The van der Waals surface area contributed by atoms with Crippen LogP contribution < -0.4 is 9.47 Å². The molecule has 1 aromatic rings. The van der Waals surface area contributed by atoms with Gasteiger partial charge in [0.25, 0.3) is 0 Å². The number of nitrogens with zero attached hydrogens (tertiary/aromatic N) is 1. The summed E-state index contributed by atoms with van der Waals surface area (Å²) in [6.07, 6.45) is -2.14. The van der Waals surface area contributed by atoms with Gasteiger partial charge in [0.1, 0.15) is 11.7 Å². The largest absolute Gasteiger partial charge is 0.493 e. The Bertz CT molecular complexity index is 1790. The number of benzene rings is 1. The third-order valence-electron chi connectivity index (χ3n) is 16.2. The van der Waals surface area contributed by atoms with Crippen LogP contribution in [0.3, 0.4) is 0 Å². The van der Waals surface area contributed by atoms with Gasteiger partial charge in [0.05, 0.1) is 48.9 Å². The molecule has 3 aliphatic heterocycles. The second-order valence-electron chi connectivity index (χ2n) is 19.0. The van der Waals surface area contributed by atoms with Gasteiger partial charge in [-0.1, -0.05) is 27.7 Å². The van der Waals surface area contributed by atoms with Crippen molar-refractivity contribution in [2.75, 3.05) is 27.3 Å². The Morgan fingerprint density at radius 1 is 1.00 bits per heavy atom. The third-order valence-corrected chi connectivity index (χ3v) is 16.2. The lowest BCUT2D eigenvalue weighted by atomic mass is 9.49. The lowest BCUT2D eigenvalue weighted by Crippen LogP contribution is -2.77. The molecule has 4 N–H and O–H groups in total. The summed E-state index contributed by atoms with van der Waals surface area (Å²) < 4.78 is 36.4. The van der Waals surface area contributed by atoms with E-state index in [2.05, 4.69) is 11.8 Å². The summed E-state index contributed by atoms with van der Waals surface area (Å²) in [6, 6.07) is 4.40. The molecule has 7 fully saturated rings. The van der Waals surface area contributed by atoms with Crippen LogP contribution in [0.1, 0.15) is 96.8 Å². The van der Waals surface area contributed by atoms with Gasteiger partial charge < -0.3 is 48.8 Å². The van der Waals surface area contributed by atoms with Gasteiger partial charge in [-0.25, -0.2) is 4.79 Å². The van der Waals surface area contributed by atoms with Crippen LogP contribution in [0.4, 0.5) is 0 Å². The minimum Gasteiger partial charge on any atom is -0.493 e. The van der Waals surface area contributed by atoms with Crippen LogP contribution in [0, 0.1) is 46.8 Å². The fourth-order valence-electron chi connectivity index (χ4n) is 13.5. The van der Waals surface area contributed by atoms with Crippen LogP contribution in [-0.2, 0) is 28.5 Å². The number of methoxy groups -OCH3 is 2. The molecule has 7 aliphatic rings. The molecule has 1 spiro atoms. The van der Waals surface area contributed by atoms with Crippen molar-refractivity contribution >= 4 is 17.9 Å². The SMILES string of the molecule is CCC(C)C(=O)OC1C(O)C2C(CN3CC(C)CCC3C2(C)O)C2CC34OC5(O)C(OC(=O)c6ccc(OC)c(OC)c6)CCC3(C)C5CC(OC(C)=O)C4C21O. The van der Waals surface area contributed by atoms with Crippen molar-refractivity contribution < 1.29 is 63.2 Å². The number of aliphatic hydroxyl groups excluding tert-OH is 1. The number of hydrogen-bond acceptors (Lipinski definition) is 14. The van der Waals surface area contributed by atoms with E-state index in [1.807, 2.05) is 13.8 Å². The summed E-state index contributed by atoms with van der Waals surface area (Å²) in [6.45, 7) is 12.0. The number of carbonyl (C=O) groups is 3. The Labute approximate surface area is 334 Å². The molecule has 316 valence electrons. The molecule has 57 heavy (non-hydrogen) atoms. The van der Waals surface area contributed by atoms with Crippen molar-refractivity contribution in [3.05, 3.63) is 23.8 Å². The molecular weight excluding hydrogens is 738 g/mol. The van der Waals surface area contributed by atoms with Crippen molar-refractivity contribution in [2.24, 2.45) is 46.8 Å². The lowest BCUT2D eigenvalue weighted by molar-refractivity contribution is -0.299. The highest BCUT2D eigenvalue weighted by Crippen LogP contribution is 2.77. The third kappa shape index (κ3) is 5.59. The Kier molecular flexibility index (Phi) is 9.85. The molecule has 17 atom stereocenters. The highest BCUT2D eigenvalue weighted by Gasteiger charge is 2.87. The van der Waals surface area contributed by atoms with E-state index in [1.54, 1.807) is 26.0 Å². The first-order valence-corrected chi connectivity index (χ1v) is 20.9. The van der Waals surface area contributed by atoms with Crippen molar-refractivity contribution in [3.8, 4) is 11.5 Å². The van der Waals surface area contributed by atoms with Crippen molar-refractivity contribution in [1.29, 1.82) is 0 Å². The minimum absolute atomic E-state index is 0.0537. The van der Waals surface area contributed by atoms with Gasteiger partial charge in [-0.3, -0.25) is 14.5 Å². The first-order chi connectivity index (χ1) is 26.8. The molecule has 0 amide bonds. The van der Waals surface area contributed by atoms with Crippen LogP contribution in [-0.4, -0.2) is 124 Å². The molecule has 14 heteroatoms. The molecule has 14 nitrogen and oxygen atoms in total. The molecule has 4 saturated carbocycles. The Morgan fingerprint density at radius 2 is 1.72 bits per heavy atom. The van der Waals surface area contributed by atoms with Crippen LogP contribution in [0.2, 0.25) is 0 Å². The van der Waals surface area contributed by atoms with Crippen LogP contribution in [0.15, 0.2) is 18.2 Å². The maximum absolute atomic E-state index is 13.8. The highest BCUT2D eigenvalue weighted by molar-refractivity contribution is 5.90. The zero-order valence-corrected chi connectivity index (χ0v) is 34.4. The van der Waals surface area contributed by atoms with Gasteiger partial charge >= 0.3 is 17.9 Å². The second kappa shape index (κ2) is 13.8. The van der Waals surface area contributed by atoms with E-state index in [0.717, 1.165) is 19.4 Å². The van der Waals surface area contributed by atoms with Gasteiger partial charge in [0, 0.05) is 43.3 Å². The average Bonchev–Trinajstić information content (AvgIpc) is 3.44. The molecule has 3 heterocycles. The number of carbonyl (C=O) groups excluding carboxylic acids is 3. The summed E-state index contributed by atoms with van der Waals surface area (Å²) >= 11 is 0. The number of esters is 3. The molecule has 3 saturated heterocycles. The smallest absolute Gasteiger partial charge is 0.338 e. The van der Waals surface area contributed by atoms with E-state index in [1.165, 1.54) is 27.2 Å². The van der Waals surface area contributed by atoms with Gasteiger partial charge in [0.15, 0.2) is 23.7 Å². The van der Waals surface area contributed by atoms with E-state index in [4.69, 9.17) is 28.4 Å². The summed E-state index contributed by atoms with van der Waals surface area (Å²) in [5.74, 6) is -7.10. The predicted octanol–water partition coefficient (Wildman–Crippen LogP) is 3.24. The number of rotatable bonds is 8. The molecule has 17 unspecified atom stereocenters. The van der Waals surface area contributed by atoms with E-state index in [9.17, 15) is 34.8 Å². The first kappa shape index (κ1) is 40.8. The molecule has 4 aliphatic carbocycles. The fraction of sp³-hybridized carbons (Fsp3) is 0.791. The fourth-order valence-corrected chi connectivity index (χ4v) is 13.5. The van der Waals surface area contributed by atoms with Gasteiger partial charge in [0.2, 0.25) is 5.79 Å². The number of ether oxygens (including phenoxy) is 6. The molecule has 8 rings (SSSR count). The first-order valence-electron chi connectivity index (χ1n) is 20.9. The number of hydrogen-bond donors (Lipinski definition) is 4. The van der Waals surface area contributed by atoms with E-state index in [-0.39, 0.29) is 30.9 Å². The molecular formula is C43H61NO13. The normalized spacial score (nSPS) is 47.3. The molecule has 0 aromatic heterocycles. The summed E-state index contributed by atoms with van der Waals surface area (Å²) in [5, 5.41) is 51.9. The Hall–Kier alpha value is -3.01. The van der Waals surface area contributed by atoms with Crippen molar-refractivity contribution in [2.45, 2.75) is 140 Å². The summed E-state index contributed by atoms with van der Waals surface area (Å²) in [5.41, 5.74) is -5.47. The monoisotopic (exact) mass is 799 g/mol. The number of piperidine rings is 2. The van der Waals surface area contributed by atoms with Crippen LogP contribution in [0.5, 0.6) is 11.5 Å². The zero-order chi connectivity index (χ0) is 41.2. The lowest BCUT2D eigenvalue weighted by Gasteiger charge is -2.64. The highest BCUT2D eigenvalue weighted by atomic mass is 16.7. The van der Waals surface area contributed by atoms with E-state index in [0.29, 0.717) is 36.8 Å². The maximum atomic E-state index is 13.8. The molecule has 0 radical (unpaired) electrons. The number of aliphatic hydroxyl groups is 4. The second-order valence-corrected chi connectivity index (χ2v) is 19.0. The quantitative estimate of drug-likeness (QED) is 0.222. The van der Waals surface area contributed by atoms with Crippen molar-refractivity contribution in [3.63, 3.8) is 0 Å². The Morgan fingerprint density at radius 3 is 2.39 bits per heavy atom. The topological polar surface area (TPSA) is 191 Å². The molecule has 4 bridgehead atoms. The number of fused-ring (bicyclic) bond motifs is 5. The van der Waals surface area contributed by atoms with Crippen LogP contribution >= 0.6 is 0 Å². The minimum atomic E-state index is -2.05. The standard InChI is InChI=1S/C43H61NO13/c1-9-22(3)37(47)56-36-34(46)33-25(20-44-19-21(2)10-13-31(44)40(33,6)49)26-18-41-35(42(26,36)50)29(54-23(4)45)17-30-39(41,5)15-14-32(43(30,51)57-41)55-38(48)24-11-12-27(52-7)28(16-24)53-8/h11-12,16,21-22,25-26,29-36,46,49-51H,9-10,13-15,17-20H2,1-8H3. The van der Waals surface area contributed by atoms with E-state index < -0.39 is 106 Å². The van der Waals surface area contributed by atoms with Gasteiger partial charge in [-0.2, -0.15) is 0 Å². The molecule has 1 aromatic carbocycles. The van der Waals surface area contributed by atoms with Crippen LogP contribution in [0.25, 0.3) is 0 Å². The van der Waals surface area contributed by atoms with Crippen molar-refractivity contribution in [1.82, 2.24) is 4.90 Å².